The lowest BCUT2D eigenvalue weighted by molar-refractivity contribution is -0.116. The van der Waals surface area contributed by atoms with Crippen molar-refractivity contribution >= 4 is 109 Å². The third-order valence-electron chi connectivity index (χ3n) is 25.1. The van der Waals surface area contributed by atoms with Crippen molar-refractivity contribution in [1.29, 1.82) is 0 Å². The first-order chi connectivity index (χ1) is 73.3. The molecule has 0 radical (unpaired) electrons. The number of nitrogens with one attached hydrogen (secondary N) is 7. The second-order valence-corrected chi connectivity index (χ2v) is 35.9. The minimum absolute atomic E-state index is 0.0231. The van der Waals surface area contributed by atoms with Gasteiger partial charge in [0.1, 0.15) is 41.2 Å². The number of aromatic amines is 2. The number of ether oxygens (including phenoxy) is 2. The molecule has 0 unspecified atom stereocenters. The number of benzene rings is 13. The molecule has 0 aliphatic carbocycles. The van der Waals surface area contributed by atoms with Crippen LogP contribution in [-0.4, -0.2) is 104 Å². The van der Waals surface area contributed by atoms with E-state index in [0.29, 0.717) is 83.2 Å². The zero-order valence-electron chi connectivity index (χ0n) is 82.3. The molecule has 0 fully saturated rings. The van der Waals surface area contributed by atoms with E-state index in [9.17, 15) is 33.6 Å². The Kier molecular flexibility index (Phi) is 31.1. The van der Waals surface area contributed by atoms with Crippen LogP contribution in [0.1, 0.15) is 70.8 Å². The second kappa shape index (κ2) is 47.1. The lowest BCUT2D eigenvalue weighted by Gasteiger charge is -2.19. The Balaban J connectivity index is 0.000000119. The van der Waals surface area contributed by atoms with Crippen LogP contribution in [0.5, 0.6) is 11.5 Å². The summed E-state index contributed by atoms with van der Waals surface area (Å²) in [6.07, 6.45) is 5.73. The quantitative estimate of drug-likeness (QED) is 0.0313. The van der Waals surface area contributed by atoms with Crippen molar-refractivity contribution in [3.8, 4) is 79.2 Å². The molecule has 25 nitrogen and oxygen atoms in total. The molecule has 0 atom stereocenters. The van der Waals surface area contributed by atoms with Crippen LogP contribution in [0.25, 0.3) is 101 Å². The van der Waals surface area contributed by atoms with Crippen LogP contribution >= 0.6 is 0 Å². The number of hydrogen-bond donors (Lipinski definition) is 7. The van der Waals surface area contributed by atoms with Crippen molar-refractivity contribution in [3.05, 3.63) is 486 Å². The van der Waals surface area contributed by atoms with Crippen molar-refractivity contribution in [3.63, 3.8) is 0 Å². The van der Waals surface area contributed by atoms with Crippen LogP contribution in [0.2, 0.25) is 0 Å². The molecule has 8 aromatic heterocycles. The standard InChI is InChI=1S/C30H25N3O4.C28H22N4O2.C26H20N4O.C21H17N3O.C20H18N2O/c1-19-5-2-3-6-23(19)30(35)33-14-13-22-17-21(10-11-25(22)33)24-7-4-8-28(31-24)32-29(34)16-20-9-12-26-27(15-20)37-18-36-26;1-19-8-5-6-11-22(19)28(34)32-18-29-24-17-21(14-15-25(24)32)23-12-7-13-26(30-23)31-27(33)16-20-9-3-2-4-10-20;31-25(16-18-8-3-1-4-9-18)30-24-13-7-12-21(27-24)20-14-15-22-23(17-20)29-26(28-22)19-10-5-2-6-11-19;25-21(13-15-5-2-1-3-6-15)24-20-8-4-7-19(23-20)16-9-10-18-17(14-16)11-12-22-18;1-15-10-12-17(13-11-15)18-8-5-9-19(21-18)22-20(23)14-16-6-3-2-4-7-16/h2-12,15,17H,13-14,16,18H2,1H3,(H,31,32,34);2-15,17-18H,16H2,1H3,(H,30,31,33);1-15,17H,16H2,(H,28,29)(H,27,30,31);1-12,14,22H,13H2,(H,23,24,25);2-13H,14H2,1H3,(H,21,22,23). The number of aromatic nitrogens is 10. The third kappa shape index (κ3) is 25.5. The van der Waals surface area contributed by atoms with Gasteiger partial charge in [0.15, 0.2) is 11.5 Å². The van der Waals surface area contributed by atoms with Gasteiger partial charge in [0.05, 0.1) is 82.6 Å². The highest BCUT2D eigenvalue weighted by Crippen LogP contribution is 2.37. The Morgan fingerprint density at radius 2 is 0.733 bits per heavy atom. The molecule has 0 saturated carbocycles. The van der Waals surface area contributed by atoms with Crippen LogP contribution in [0.3, 0.4) is 0 Å². The number of fused-ring (bicyclic) bond motifs is 5. The molecule has 25 heteroatoms. The Labute approximate surface area is 865 Å². The molecule has 736 valence electrons. The van der Waals surface area contributed by atoms with Crippen molar-refractivity contribution in [2.45, 2.75) is 59.3 Å². The number of carbonyl (C=O) groups excluding carboxylic acids is 7. The molecular formula is C125H102N16O9. The Bertz CT molecular complexity index is 8460. The lowest BCUT2D eigenvalue weighted by atomic mass is 10.0. The van der Waals surface area contributed by atoms with Crippen LogP contribution in [0.4, 0.5) is 34.8 Å². The summed E-state index contributed by atoms with van der Waals surface area (Å²) < 4.78 is 12.3. The average molecular weight is 1970 g/mol. The number of carbonyl (C=O) groups is 7. The molecule has 0 bridgehead atoms. The van der Waals surface area contributed by atoms with E-state index in [1.54, 1.807) is 41.2 Å². The first-order valence-corrected chi connectivity index (χ1v) is 49.0. The number of nitrogens with zero attached hydrogens (tertiary/aromatic N) is 9. The van der Waals surface area contributed by atoms with Gasteiger partial charge in [-0.05, 0) is 211 Å². The maximum Gasteiger partial charge on any atom is 0.263 e. The molecule has 150 heavy (non-hydrogen) atoms. The zero-order valence-corrected chi connectivity index (χ0v) is 82.3. The van der Waals surface area contributed by atoms with Crippen molar-refractivity contribution in [1.82, 2.24) is 49.4 Å². The minimum atomic E-state index is -0.164. The maximum atomic E-state index is 13.2. The molecule has 0 saturated heterocycles. The number of rotatable bonds is 23. The summed E-state index contributed by atoms with van der Waals surface area (Å²) in [5.41, 5.74) is 25.4. The lowest BCUT2D eigenvalue weighted by Crippen LogP contribution is -2.29. The van der Waals surface area contributed by atoms with E-state index in [1.807, 2.05) is 383 Å². The summed E-state index contributed by atoms with van der Waals surface area (Å²) in [4.78, 5) is 129. The average Bonchev–Trinajstić information content (AvgIpc) is 1.64. The van der Waals surface area contributed by atoms with E-state index in [1.165, 1.54) is 5.56 Å². The topological polar surface area (TPSA) is 328 Å². The van der Waals surface area contributed by atoms with Gasteiger partial charge < -0.3 is 50.9 Å². The molecule has 2 aliphatic rings. The molecule has 23 rings (SSSR count). The van der Waals surface area contributed by atoms with Gasteiger partial charge in [-0.15, -0.1) is 0 Å². The Hall–Kier alpha value is -19.8. The first-order valence-electron chi connectivity index (χ1n) is 49.0. The highest BCUT2D eigenvalue weighted by molar-refractivity contribution is 6.09. The van der Waals surface area contributed by atoms with Gasteiger partial charge in [0, 0.05) is 73.8 Å². The molecule has 7 N–H and O–H groups in total. The van der Waals surface area contributed by atoms with E-state index in [4.69, 9.17) is 9.47 Å². The molecule has 21 aromatic rings. The molecule has 2 aliphatic heterocycles. The van der Waals surface area contributed by atoms with E-state index in [-0.39, 0.29) is 61.0 Å². The van der Waals surface area contributed by atoms with Gasteiger partial charge in [-0.25, -0.2) is 34.9 Å². The molecule has 10 heterocycles. The number of hydrogen-bond acceptors (Lipinski definition) is 16. The van der Waals surface area contributed by atoms with E-state index >= 15 is 0 Å². The fourth-order valence-corrected chi connectivity index (χ4v) is 17.5. The fraction of sp³-hybridized carbons (Fsp3) is 0.0880. The van der Waals surface area contributed by atoms with Gasteiger partial charge in [-0.1, -0.05) is 279 Å². The Morgan fingerprint density at radius 1 is 0.320 bits per heavy atom. The van der Waals surface area contributed by atoms with Crippen LogP contribution in [0.15, 0.2) is 425 Å². The predicted molar refractivity (Wildman–Crippen MR) is 591 cm³/mol. The third-order valence-corrected chi connectivity index (χ3v) is 25.1. The van der Waals surface area contributed by atoms with Crippen LogP contribution in [0, 0.1) is 20.8 Å². The van der Waals surface area contributed by atoms with Gasteiger partial charge in [0.2, 0.25) is 36.3 Å². The number of amides is 6. The molecule has 13 aromatic carbocycles. The van der Waals surface area contributed by atoms with Crippen LogP contribution in [-0.2, 0) is 62.5 Å². The molecule has 0 spiro atoms. The largest absolute Gasteiger partial charge is 0.454 e. The number of aryl methyl sites for hydroxylation is 3. The van der Waals surface area contributed by atoms with Gasteiger partial charge in [-0.3, -0.25) is 38.1 Å². The first kappa shape index (κ1) is 98.9. The highest BCUT2D eigenvalue weighted by atomic mass is 16.7. The summed E-state index contributed by atoms with van der Waals surface area (Å²) in [7, 11) is 0. The van der Waals surface area contributed by atoms with E-state index < -0.39 is 0 Å². The maximum absolute atomic E-state index is 13.2. The highest BCUT2D eigenvalue weighted by Gasteiger charge is 2.28. The number of H-pyrrole nitrogens is 2. The summed E-state index contributed by atoms with van der Waals surface area (Å²) in [6, 6.07) is 131. The molecular weight excluding hydrogens is 1870 g/mol. The second-order valence-electron chi connectivity index (χ2n) is 35.9. The normalized spacial score (nSPS) is 11.4. The number of anilines is 6. The summed E-state index contributed by atoms with van der Waals surface area (Å²) >= 11 is 0. The van der Waals surface area contributed by atoms with Crippen molar-refractivity contribution < 1.29 is 43.0 Å². The van der Waals surface area contributed by atoms with E-state index in [0.717, 1.165) is 152 Å². The van der Waals surface area contributed by atoms with E-state index in [2.05, 4.69) is 103 Å². The Morgan fingerprint density at radius 3 is 1.23 bits per heavy atom. The number of pyridine rings is 5. The SMILES string of the molecule is Cc1ccc(-c2cccc(NC(=O)Cc3ccccc3)n2)cc1.Cc1ccccc1C(=O)N1CCc2cc(-c3cccc(NC(=O)Cc4ccc5c(c4)OCO5)n3)ccc21.Cc1ccccc1C(=O)n1cnc2cc(-c3cccc(NC(=O)Cc4ccccc4)n3)ccc21.O=C(Cc1ccccc1)Nc1cccc(-c2ccc3[nH]ccc3c2)n1.O=C(Cc1ccccc1)Nc1cccc(-c2ccc3nc(-c4ccccc4)[nH]c3c2)n1. The summed E-state index contributed by atoms with van der Waals surface area (Å²) in [6.45, 7) is 6.78. The van der Waals surface area contributed by atoms with Crippen molar-refractivity contribution in [2.24, 2.45) is 0 Å². The predicted octanol–water partition coefficient (Wildman–Crippen LogP) is 24.6. The zero-order chi connectivity index (χ0) is 103. The van der Waals surface area contributed by atoms with Crippen molar-refractivity contribution in [2.75, 3.05) is 44.8 Å². The summed E-state index contributed by atoms with van der Waals surface area (Å²) in [5, 5.41) is 15.5. The summed E-state index contributed by atoms with van der Waals surface area (Å²) in [5.74, 6) is 4.21. The van der Waals surface area contributed by atoms with Gasteiger partial charge in [-0.2, -0.15) is 0 Å². The molecule has 6 amide bonds. The number of imidazole rings is 2. The minimum Gasteiger partial charge on any atom is -0.454 e. The monoisotopic (exact) mass is 1970 g/mol. The fourth-order valence-electron chi connectivity index (χ4n) is 17.5. The van der Waals surface area contributed by atoms with Gasteiger partial charge in [0.25, 0.3) is 11.8 Å². The van der Waals surface area contributed by atoms with Crippen LogP contribution < -0.4 is 41.0 Å². The van der Waals surface area contributed by atoms with Gasteiger partial charge >= 0.3 is 0 Å². The smallest absolute Gasteiger partial charge is 0.263 e.